The number of carbonyl (C=O) groups is 2. The van der Waals surface area contributed by atoms with Crippen LogP contribution in [0.4, 0.5) is 10.6 Å². The van der Waals surface area contributed by atoms with E-state index in [1.54, 1.807) is 35.9 Å². The van der Waals surface area contributed by atoms with Crippen LogP contribution in [-0.2, 0) is 11.2 Å². The predicted octanol–water partition coefficient (Wildman–Crippen LogP) is 0.612. The van der Waals surface area contributed by atoms with Crippen LogP contribution in [0.2, 0.25) is 0 Å². The Balaban J connectivity index is 1.30. The van der Waals surface area contributed by atoms with E-state index in [9.17, 15) is 14.4 Å². The smallest absolute Gasteiger partial charge is 0.338 e. The second kappa shape index (κ2) is 11.4. The van der Waals surface area contributed by atoms with E-state index in [4.69, 9.17) is 11.5 Å². The van der Waals surface area contributed by atoms with Crippen LogP contribution < -0.4 is 22.5 Å². The van der Waals surface area contributed by atoms with Gasteiger partial charge in [-0.25, -0.2) is 9.59 Å². The highest BCUT2D eigenvalue weighted by Gasteiger charge is 2.31. The van der Waals surface area contributed by atoms with Gasteiger partial charge in [0.1, 0.15) is 5.82 Å². The Bertz CT molecular complexity index is 1150. The summed E-state index contributed by atoms with van der Waals surface area (Å²) in [5.74, 6) is 0.0433. The molecule has 1 aromatic carbocycles. The number of hydrogen-bond acceptors (Lipinski definition) is 7. The van der Waals surface area contributed by atoms with Gasteiger partial charge >= 0.3 is 11.7 Å². The number of aromatic nitrogens is 2. The highest BCUT2D eigenvalue weighted by molar-refractivity contribution is 5.89. The SMILES string of the molecule is CC(C)(N)C(=O)N1CCN(C(=O)Nc2ccn(-c3ccc(CCN4CCCC(N)C4)cc3)c(=O)n2)CC1. The number of anilines is 1. The minimum atomic E-state index is -0.944. The van der Waals surface area contributed by atoms with Gasteiger partial charge in [0.2, 0.25) is 5.91 Å². The van der Waals surface area contributed by atoms with Gasteiger partial charge in [-0.2, -0.15) is 4.98 Å². The summed E-state index contributed by atoms with van der Waals surface area (Å²) in [6, 6.07) is 9.37. The third-order valence-electron chi connectivity index (χ3n) is 6.92. The van der Waals surface area contributed by atoms with E-state index >= 15 is 0 Å². The van der Waals surface area contributed by atoms with Crippen LogP contribution in [0.5, 0.6) is 0 Å². The number of carbonyl (C=O) groups excluding carboxylic acids is 2. The Morgan fingerprint density at radius 2 is 1.73 bits per heavy atom. The van der Waals surface area contributed by atoms with E-state index in [1.165, 1.54) is 10.1 Å². The molecule has 5 N–H and O–H groups in total. The number of nitrogens with one attached hydrogen (secondary N) is 1. The normalized spacial score (nSPS) is 19.1. The summed E-state index contributed by atoms with van der Waals surface area (Å²) in [5.41, 5.74) is 12.5. The number of benzene rings is 1. The number of nitrogens with zero attached hydrogens (tertiary/aromatic N) is 5. The van der Waals surface area contributed by atoms with Gasteiger partial charge < -0.3 is 26.2 Å². The molecule has 37 heavy (non-hydrogen) atoms. The van der Waals surface area contributed by atoms with Gasteiger partial charge in [0.15, 0.2) is 0 Å². The molecule has 3 heterocycles. The number of piperidine rings is 1. The van der Waals surface area contributed by atoms with Crippen molar-refractivity contribution in [2.24, 2.45) is 11.5 Å². The standard InChI is InChI=1S/C26H38N8O3/c1-26(2,28)23(35)32-14-16-33(17-15-32)24(36)29-22-10-13-34(25(37)30-22)21-7-5-19(6-8-21)9-12-31-11-3-4-20(27)18-31/h5-8,10,13,20H,3-4,9,11-12,14-18,27-28H2,1-2H3,(H,29,30,36,37). The summed E-state index contributed by atoms with van der Waals surface area (Å²) in [4.78, 5) is 47.4. The van der Waals surface area contributed by atoms with Crippen molar-refractivity contribution in [3.05, 3.63) is 52.6 Å². The molecule has 1 unspecified atom stereocenters. The third-order valence-corrected chi connectivity index (χ3v) is 6.92. The Morgan fingerprint density at radius 3 is 2.35 bits per heavy atom. The number of hydrogen-bond donors (Lipinski definition) is 3. The summed E-state index contributed by atoms with van der Waals surface area (Å²) >= 11 is 0. The second-order valence-electron chi connectivity index (χ2n) is 10.5. The lowest BCUT2D eigenvalue weighted by Crippen LogP contribution is -2.58. The zero-order valence-corrected chi connectivity index (χ0v) is 21.7. The van der Waals surface area contributed by atoms with Crippen molar-refractivity contribution in [3.8, 4) is 5.69 Å². The van der Waals surface area contributed by atoms with Gasteiger partial charge in [-0.3, -0.25) is 14.7 Å². The molecule has 0 bridgehead atoms. The summed E-state index contributed by atoms with van der Waals surface area (Å²) in [6.07, 6.45) is 4.79. The molecule has 0 spiro atoms. The zero-order chi connectivity index (χ0) is 26.6. The highest BCUT2D eigenvalue weighted by Crippen LogP contribution is 2.14. The van der Waals surface area contributed by atoms with Crippen LogP contribution in [0.15, 0.2) is 41.3 Å². The van der Waals surface area contributed by atoms with Crippen molar-refractivity contribution in [2.75, 3.05) is 51.1 Å². The lowest BCUT2D eigenvalue weighted by atomic mass is 10.1. The molecule has 0 saturated carbocycles. The largest absolute Gasteiger partial charge is 0.354 e. The quantitative estimate of drug-likeness (QED) is 0.517. The van der Waals surface area contributed by atoms with Crippen molar-refractivity contribution in [3.63, 3.8) is 0 Å². The second-order valence-corrected chi connectivity index (χ2v) is 10.5. The maximum atomic E-state index is 12.7. The van der Waals surface area contributed by atoms with E-state index in [2.05, 4.69) is 15.2 Å². The monoisotopic (exact) mass is 510 g/mol. The molecule has 1 aromatic heterocycles. The number of amides is 3. The van der Waals surface area contributed by atoms with E-state index in [1.807, 2.05) is 24.3 Å². The van der Waals surface area contributed by atoms with Crippen LogP contribution in [0.1, 0.15) is 32.3 Å². The van der Waals surface area contributed by atoms with Crippen LogP contribution in [0.25, 0.3) is 5.69 Å². The Morgan fingerprint density at radius 1 is 1.05 bits per heavy atom. The lowest BCUT2D eigenvalue weighted by molar-refractivity contribution is -0.137. The first-order valence-corrected chi connectivity index (χ1v) is 12.9. The minimum absolute atomic E-state index is 0.141. The van der Waals surface area contributed by atoms with E-state index in [-0.39, 0.29) is 23.8 Å². The van der Waals surface area contributed by atoms with Gasteiger partial charge in [-0.1, -0.05) is 12.1 Å². The zero-order valence-electron chi connectivity index (χ0n) is 21.7. The topological polar surface area (TPSA) is 143 Å². The maximum Gasteiger partial charge on any atom is 0.354 e. The number of urea groups is 1. The highest BCUT2D eigenvalue weighted by atomic mass is 16.2. The summed E-state index contributed by atoms with van der Waals surface area (Å²) < 4.78 is 1.45. The fraction of sp³-hybridized carbons (Fsp3) is 0.538. The molecule has 0 radical (unpaired) electrons. The van der Waals surface area contributed by atoms with E-state index < -0.39 is 11.2 Å². The first kappa shape index (κ1) is 26.8. The van der Waals surface area contributed by atoms with Crippen LogP contribution >= 0.6 is 0 Å². The van der Waals surface area contributed by atoms with Crippen molar-refractivity contribution in [2.45, 2.75) is 44.7 Å². The number of nitrogens with two attached hydrogens (primary N) is 2. The first-order chi connectivity index (χ1) is 17.6. The summed E-state index contributed by atoms with van der Waals surface area (Å²) in [5, 5.41) is 2.69. The molecule has 3 amide bonds. The van der Waals surface area contributed by atoms with Crippen molar-refractivity contribution in [1.29, 1.82) is 0 Å². The average molecular weight is 511 g/mol. The lowest BCUT2D eigenvalue weighted by Gasteiger charge is -2.37. The van der Waals surface area contributed by atoms with Crippen LogP contribution in [-0.4, -0.2) is 93.6 Å². The third kappa shape index (κ3) is 6.94. The van der Waals surface area contributed by atoms with E-state index in [0.717, 1.165) is 38.9 Å². The molecular weight excluding hydrogens is 472 g/mol. The Labute approximate surface area is 217 Å². The summed E-state index contributed by atoms with van der Waals surface area (Å²) in [7, 11) is 0. The van der Waals surface area contributed by atoms with Gasteiger partial charge in [0, 0.05) is 51.5 Å². The summed E-state index contributed by atoms with van der Waals surface area (Å²) in [6.45, 7) is 7.92. The Hall–Kier alpha value is -3.28. The predicted molar refractivity (Wildman–Crippen MR) is 143 cm³/mol. The molecule has 11 heteroatoms. The van der Waals surface area contributed by atoms with Crippen molar-refractivity contribution >= 4 is 17.8 Å². The van der Waals surface area contributed by atoms with Gasteiger partial charge in [-0.05, 0) is 63.4 Å². The van der Waals surface area contributed by atoms with Gasteiger partial charge in [0.25, 0.3) is 0 Å². The molecule has 0 aliphatic carbocycles. The van der Waals surface area contributed by atoms with E-state index in [0.29, 0.717) is 31.9 Å². The molecule has 4 rings (SSSR count). The van der Waals surface area contributed by atoms with Gasteiger partial charge in [0.05, 0.1) is 11.2 Å². The molecule has 11 nitrogen and oxygen atoms in total. The number of rotatable bonds is 6. The molecule has 200 valence electrons. The maximum absolute atomic E-state index is 12.7. The average Bonchev–Trinajstić information content (AvgIpc) is 2.87. The minimum Gasteiger partial charge on any atom is -0.338 e. The molecular formula is C26H38N8O3. The van der Waals surface area contributed by atoms with Crippen LogP contribution in [0.3, 0.4) is 0 Å². The number of likely N-dealkylation sites (tertiary alicyclic amines) is 1. The molecule has 2 aliphatic rings. The molecule has 2 aliphatic heterocycles. The van der Waals surface area contributed by atoms with Crippen molar-refractivity contribution < 1.29 is 9.59 Å². The van der Waals surface area contributed by atoms with Crippen molar-refractivity contribution in [1.82, 2.24) is 24.3 Å². The molecule has 2 saturated heterocycles. The fourth-order valence-corrected chi connectivity index (χ4v) is 4.78. The molecule has 2 aromatic rings. The fourth-order valence-electron chi connectivity index (χ4n) is 4.78. The molecule has 2 fully saturated rings. The number of piperazine rings is 1. The first-order valence-electron chi connectivity index (χ1n) is 12.9. The van der Waals surface area contributed by atoms with Crippen LogP contribution in [0, 0.1) is 0 Å². The molecule has 1 atom stereocenters. The van der Waals surface area contributed by atoms with Gasteiger partial charge in [-0.15, -0.1) is 0 Å². The Kier molecular flexibility index (Phi) is 8.25.